The van der Waals surface area contributed by atoms with Gasteiger partial charge in [-0.05, 0) is 47.0 Å². The van der Waals surface area contributed by atoms with Crippen LogP contribution >= 0.6 is 0 Å². The van der Waals surface area contributed by atoms with E-state index in [1.54, 1.807) is 6.92 Å². The molecule has 3 rings (SSSR count). The second-order valence-electron chi connectivity index (χ2n) is 6.57. The number of anilines is 1. The zero-order valence-corrected chi connectivity index (χ0v) is 15.6. The summed E-state index contributed by atoms with van der Waals surface area (Å²) in [6, 6.07) is 14.1. The van der Waals surface area contributed by atoms with Crippen molar-refractivity contribution in [2.45, 2.75) is 33.1 Å². The molecule has 3 aromatic rings. The minimum Gasteiger partial charge on any atom is -0.325 e. The summed E-state index contributed by atoms with van der Waals surface area (Å²) < 4.78 is 15.5. The molecule has 0 radical (unpaired) electrons. The maximum absolute atomic E-state index is 14.2. The Morgan fingerprint density at radius 1 is 1.22 bits per heavy atom. The molecule has 27 heavy (non-hydrogen) atoms. The van der Waals surface area contributed by atoms with E-state index in [2.05, 4.69) is 34.7 Å². The molecule has 0 saturated heterocycles. The number of nitrogens with zero attached hydrogens (tertiary/aromatic N) is 4. The number of benzene rings is 2. The minimum atomic E-state index is -0.468. The molecule has 7 heteroatoms. The molecule has 0 saturated carbocycles. The molecule has 2 atom stereocenters. The number of aromatic nitrogens is 4. The number of tetrazole rings is 1. The average molecular weight is 367 g/mol. The molecule has 6 nitrogen and oxygen atoms in total. The summed E-state index contributed by atoms with van der Waals surface area (Å²) in [6.07, 6.45) is 0.867. The lowest BCUT2D eigenvalue weighted by Gasteiger charge is -2.23. The monoisotopic (exact) mass is 367 g/mol. The molecular weight excluding hydrogens is 345 g/mol. The zero-order chi connectivity index (χ0) is 19.4. The fourth-order valence-corrected chi connectivity index (χ4v) is 3.06. The van der Waals surface area contributed by atoms with Gasteiger partial charge in [0.05, 0.1) is 5.92 Å². The molecule has 1 N–H and O–H groups in total. The summed E-state index contributed by atoms with van der Waals surface area (Å²) in [4.78, 5) is 13.0. The van der Waals surface area contributed by atoms with Crippen molar-refractivity contribution in [1.29, 1.82) is 0 Å². The maximum atomic E-state index is 14.2. The third-order valence-electron chi connectivity index (χ3n) is 4.72. The Morgan fingerprint density at radius 2 is 1.96 bits per heavy atom. The van der Waals surface area contributed by atoms with E-state index in [9.17, 15) is 9.18 Å². The van der Waals surface area contributed by atoms with Gasteiger partial charge < -0.3 is 5.32 Å². The molecule has 0 aliphatic carbocycles. The number of halogens is 1. The summed E-state index contributed by atoms with van der Waals surface area (Å²) in [5, 5.41) is 14.0. The van der Waals surface area contributed by atoms with Gasteiger partial charge in [-0.15, -0.1) is 5.10 Å². The standard InChI is InChI=1S/C20H22FN5O/c1-4-13(2)19(15-8-6-5-7-9-15)20(27)22-16-10-11-17(21)18(12-16)26-14(3)23-24-25-26/h5-13,19H,4H2,1-3H3,(H,22,27). The van der Waals surface area contributed by atoms with Crippen molar-refractivity contribution >= 4 is 11.6 Å². The van der Waals surface area contributed by atoms with Gasteiger partial charge in [0, 0.05) is 5.69 Å². The first-order valence-corrected chi connectivity index (χ1v) is 8.92. The number of amides is 1. The molecule has 0 aliphatic heterocycles. The van der Waals surface area contributed by atoms with Crippen molar-refractivity contribution in [2.24, 2.45) is 5.92 Å². The van der Waals surface area contributed by atoms with Crippen molar-refractivity contribution in [3.8, 4) is 5.69 Å². The van der Waals surface area contributed by atoms with Gasteiger partial charge in [-0.1, -0.05) is 50.6 Å². The van der Waals surface area contributed by atoms with E-state index in [0.29, 0.717) is 11.5 Å². The van der Waals surface area contributed by atoms with E-state index >= 15 is 0 Å². The number of rotatable bonds is 6. The molecule has 0 bridgehead atoms. The fraction of sp³-hybridized carbons (Fsp3) is 0.300. The van der Waals surface area contributed by atoms with Crippen LogP contribution in [-0.4, -0.2) is 26.1 Å². The van der Waals surface area contributed by atoms with Crippen molar-refractivity contribution in [1.82, 2.24) is 20.2 Å². The highest BCUT2D eigenvalue weighted by Gasteiger charge is 2.26. The number of nitrogens with one attached hydrogen (secondary N) is 1. The van der Waals surface area contributed by atoms with Crippen LogP contribution in [0.25, 0.3) is 5.69 Å². The lowest BCUT2D eigenvalue weighted by Crippen LogP contribution is -2.26. The highest BCUT2D eigenvalue weighted by Crippen LogP contribution is 2.29. The smallest absolute Gasteiger partial charge is 0.232 e. The van der Waals surface area contributed by atoms with E-state index in [4.69, 9.17) is 0 Å². The van der Waals surface area contributed by atoms with Crippen LogP contribution in [0.1, 0.15) is 37.6 Å². The molecule has 2 aromatic carbocycles. The van der Waals surface area contributed by atoms with Crippen LogP contribution in [0, 0.1) is 18.7 Å². The number of carbonyl (C=O) groups excluding carboxylic acids is 1. The normalized spacial score (nSPS) is 13.2. The van der Waals surface area contributed by atoms with Gasteiger partial charge in [0.25, 0.3) is 0 Å². The predicted molar refractivity (Wildman–Crippen MR) is 101 cm³/mol. The Kier molecular flexibility index (Phi) is 5.59. The number of hydrogen-bond acceptors (Lipinski definition) is 4. The number of aryl methyl sites for hydroxylation is 1. The SMILES string of the molecule is CCC(C)C(C(=O)Nc1ccc(F)c(-n2nnnc2C)c1)c1ccccc1. The van der Waals surface area contributed by atoms with Gasteiger partial charge in [-0.25, -0.2) is 4.39 Å². The first-order valence-electron chi connectivity index (χ1n) is 8.92. The van der Waals surface area contributed by atoms with Crippen molar-refractivity contribution in [3.63, 3.8) is 0 Å². The summed E-state index contributed by atoms with van der Waals surface area (Å²) in [7, 11) is 0. The van der Waals surface area contributed by atoms with E-state index < -0.39 is 5.82 Å². The summed E-state index contributed by atoms with van der Waals surface area (Å²) in [5.74, 6) is -0.265. The Balaban J connectivity index is 1.89. The van der Waals surface area contributed by atoms with Crippen molar-refractivity contribution < 1.29 is 9.18 Å². The fourth-order valence-electron chi connectivity index (χ4n) is 3.06. The van der Waals surface area contributed by atoms with Gasteiger partial charge in [-0.3, -0.25) is 4.79 Å². The van der Waals surface area contributed by atoms with Crippen LogP contribution in [0.5, 0.6) is 0 Å². The molecule has 1 heterocycles. The van der Waals surface area contributed by atoms with E-state index in [0.717, 1.165) is 12.0 Å². The first kappa shape index (κ1) is 18.7. The van der Waals surface area contributed by atoms with Crippen LogP contribution < -0.4 is 5.32 Å². The Morgan fingerprint density at radius 3 is 2.59 bits per heavy atom. The Labute approximate surface area is 157 Å². The number of hydrogen-bond donors (Lipinski definition) is 1. The molecule has 0 fully saturated rings. The van der Waals surface area contributed by atoms with Crippen molar-refractivity contribution in [2.75, 3.05) is 5.32 Å². The van der Waals surface area contributed by atoms with Gasteiger partial charge in [0.1, 0.15) is 11.5 Å². The topological polar surface area (TPSA) is 72.7 Å². The van der Waals surface area contributed by atoms with E-state index in [1.165, 1.54) is 22.9 Å². The lowest BCUT2D eigenvalue weighted by atomic mass is 9.85. The summed E-state index contributed by atoms with van der Waals surface area (Å²) in [6.45, 7) is 5.79. The lowest BCUT2D eigenvalue weighted by molar-refractivity contribution is -0.118. The first-order chi connectivity index (χ1) is 13.0. The molecule has 140 valence electrons. The van der Waals surface area contributed by atoms with Gasteiger partial charge >= 0.3 is 0 Å². The highest BCUT2D eigenvalue weighted by atomic mass is 19.1. The second-order valence-corrected chi connectivity index (χ2v) is 6.57. The van der Waals surface area contributed by atoms with Crippen LogP contribution in [0.4, 0.5) is 10.1 Å². The van der Waals surface area contributed by atoms with Gasteiger partial charge in [0.2, 0.25) is 5.91 Å². The van der Waals surface area contributed by atoms with E-state index in [-0.39, 0.29) is 23.4 Å². The van der Waals surface area contributed by atoms with Gasteiger partial charge in [-0.2, -0.15) is 4.68 Å². The van der Waals surface area contributed by atoms with Gasteiger partial charge in [0.15, 0.2) is 5.82 Å². The molecule has 2 unspecified atom stereocenters. The molecule has 0 spiro atoms. The molecule has 1 amide bonds. The summed E-state index contributed by atoms with van der Waals surface area (Å²) >= 11 is 0. The Hall–Kier alpha value is -3.09. The van der Waals surface area contributed by atoms with E-state index in [1.807, 2.05) is 30.3 Å². The van der Waals surface area contributed by atoms with Crippen LogP contribution in [0.15, 0.2) is 48.5 Å². The third-order valence-corrected chi connectivity index (χ3v) is 4.72. The maximum Gasteiger partial charge on any atom is 0.232 e. The van der Waals surface area contributed by atoms with Crippen molar-refractivity contribution in [3.05, 3.63) is 65.7 Å². The molecule has 1 aromatic heterocycles. The van der Waals surface area contributed by atoms with Crippen LogP contribution in [0.2, 0.25) is 0 Å². The molecular formula is C20H22FN5O. The average Bonchev–Trinajstić information content (AvgIpc) is 3.10. The largest absolute Gasteiger partial charge is 0.325 e. The minimum absolute atomic E-state index is 0.124. The second kappa shape index (κ2) is 8.07. The predicted octanol–water partition coefficient (Wildman–Crippen LogP) is 3.88. The quantitative estimate of drug-likeness (QED) is 0.718. The number of carbonyl (C=O) groups is 1. The third kappa shape index (κ3) is 4.02. The van der Waals surface area contributed by atoms with Crippen LogP contribution in [0.3, 0.4) is 0 Å². The molecule has 0 aliphatic rings. The van der Waals surface area contributed by atoms with Crippen LogP contribution in [-0.2, 0) is 4.79 Å². The highest BCUT2D eigenvalue weighted by molar-refractivity contribution is 5.96. The zero-order valence-electron chi connectivity index (χ0n) is 15.6. The Bertz CT molecular complexity index is 925. The summed E-state index contributed by atoms with van der Waals surface area (Å²) in [5.41, 5.74) is 1.65.